The normalized spacial score (nSPS) is 9.80. The first-order valence-corrected chi connectivity index (χ1v) is 8.05. The van der Waals surface area contributed by atoms with Crippen molar-refractivity contribution in [2.45, 2.75) is 47.0 Å². The second kappa shape index (κ2) is 8.64. The van der Waals surface area contributed by atoms with Crippen LogP contribution >= 0.6 is 11.3 Å². The molecule has 108 valence electrons. The summed E-state index contributed by atoms with van der Waals surface area (Å²) in [5.41, 5.74) is 3.56. The van der Waals surface area contributed by atoms with Crippen LogP contribution in [0.25, 0.3) is 10.6 Å². The van der Waals surface area contributed by atoms with Crippen molar-refractivity contribution in [1.82, 2.24) is 4.98 Å². The number of aromatic nitrogens is 1. The van der Waals surface area contributed by atoms with Crippen LogP contribution in [0, 0.1) is 6.92 Å². The monoisotopic (exact) mass is 289 g/mol. The number of aldehydes is 1. The quantitative estimate of drug-likeness (QED) is 0.737. The van der Waals surface area contributed by atoms with E-state index in [1.165, 1.54) is 10.4 Å². The summed E-state index contributed by atoms with van der Waals surface area (Å²) >= 11 is 1.70. The van der Waals surface area contributed by atoms with E-state index in [0.717, 1.165) is 35.4 Å². The van der Waals surface area contributed by atoms with Gasteiger partial charge in [-0.2, -0.15) is 0 Å². The van der Waals surface area contributed by atoms with Crippen molar-refractivity contribution < 1.29 is 4.79 Å². The van der Waals surface area contributed by atoms with Gasteiger partial charge >= 0.3 is 0 Å². The molecule has 20 heavy (non-hydrogen) atoms. The van der Waals surface area contributed by atoms with Crippen LogP contribution in [0.4, 0.5) is 0 Å². The molecule has 0 aliphatic rings. The molecule has 2 nitrogen and oxygen atoms in total. The van der Waals surface area contributed by atoms with Gasteiger partial charge in [-0.1, -0.05) is 45.0 Å². The molecule has 2 aromatic rings. The number of carbonyl (C=O) groups excluding carboxylic acids is 1. The molecule has 1 heterocycles. The summed E-state index contributed by atoms with van der Waals surface area (Å²) < 4.78 is 0. The smallest absolute Gasteiger partial charge is 0.123 e. The van der Waals surface area contributed by atoms with Crippen LogP contribution in [-0.4, -0.2) is 11.3 Å². The molecular weight excluding hydrogens is 266 g/mol. The number of hydrogen-bond donors (Lipinski definition) is 0. The van der Waals surface area contributed by atoms with Crippen LogP contribution < -0.4 is 0 Å². The molecule has 2 rings (SSSR count). The fraction of sp³-hybridized carbons (Fsp3) is 0.412. The second-order valence-corrected chi connectivity index (χ2v) is 5.37. The molecule has 1 aromatic carbocycles. The number of hydrogen-bond acceptors (Lipinski definition) is 3. The lowest BCUT2D eigenvalue weighted by Crippen LogP contribution is -1.84. The highest BCUT2D eigenvalue weighted by Gasteiger charge is 2.08. The zero-order valence-corrected chi connectivity index (χ0v) is 13.6. The highest BCUT2D eigenvalue weighted by Crippen LogP contribution is 2.28. The van der Waals surface area contributed by atoms with Gasteiger partial charge < -0.3 is 4.79 Å². The van der Waals surface area contributed by atoms with Gasteiger partial charge in [0.05, 0.1) is 5.69 Å². The van der Waals surface area contributed by atoms with Crippen molar-refractivity contribution in [1.29, 1.82) is 0 Å². The lowest BCUT2D eigenvalue weighted by atomic mass is 10.1. The van der Waals surface area contributed by atoms with E-state index in [2.05, 4.69) is 36.2 Å². The molecular formula is C17H23NOS. The minimum absolute atomic E-state index is 0.581. The van der Waals surface area contributed by atoms with Gasteiger partial charge in [-0.3, -0.25) is 0 Å². The average Bonchev–Trinajstić information content (AvgIpc) is 2.88. The van der Waals surface area contributed by atoms with Crippen LogP contribution in [0.15, 0.2) is 24.3 Å². The van der Waals surface area contributed by atoms with Gasteiger partial charge in [0.25, 0.3) is 0 Å². The van der Waals surface area contributed by atoms with Crippen molar-refractivity contribution in [3.05, 3.63) is 40.4 Å². The van der Waals surface area contributed by atoms with Crippen molar-refractivity contribution in [2.75, 3.05) is 0 Å². The zero-order chi connectivity index (χ0) is 15.0. The maximum atomic E-state index is 10.4. The van der Waals surface area contributed by atoms with Gasteiger partial charge in [-0.05, 0) is 25.3 Å². The Morgan fingerprint density at radius 2 is 1.85 bits per heavy atom. The molecule has 0 fully saturated rings. The number of thiazole rings is 1. The summed E-state index contributed by atoms with van der Waals surface area (Å²) in [7, 11) is 0. The first-order valence-electron chi connectivity index (χ1n) is 7.23. The van der Waals surface area contributed by atoms with E-state index in [4.69, 9.17) is 0 Å². The second-order valence-electron chi connectivity index (χ2n) is 4.28. The Balaban J connectivity index is 0.000000956. The van der Waals surface area contributed by atoms with Crippen LogP contribution in [-0.2, 0) is 17.6 Å². The molecule has 1 aromatic heterocycles. The van der Waals surface area contributed by atoms with Gasteiger partial charge in [-0.15, -0.1) is 11.3 Å². The third kappa shape index (κ3) is 4.27. The van der Waals surface area contributed by atoms with E-state index in [9.17, 15) is 4.79 Å². The third-order valence-corrected chi connectivity index (χ3v) is 4.26. The highest BCUT2D eigenvalue weighted by atomic mass is 32.1. The minimum Gasteiger partial charge on any atom is -0.303 e. The van der Waals surface area contributed by atoms with Crippen molar-refractivity contribution in [3.8, 4) is 10.6 Å². The van der Waals surface area contributed by atoms with Gasteiger partial charge in [0.2, 0.25) is 0 Å². The minimum atomic E-state index is 0.581. The van der Waals surface area contributed by atoms with Gasteiger partial charge in [0.15, 0.2) is 0 Å². The SMILES string of the molecule is CC.CCc1ccc(-c2nc(C)c(CCC=O)s2)cc1. The molecule has 0 spiro atoms. The lowest BCUT2D eigenvalue weighted by Gasteiger charge is -1.98. The standard InChI is InChI=1S/C15H17NOS.C2H6/c1-3-12-6-8-13(9-7-12)15-16-11(2)14(18-15)5-4-10-17;1-2/h6-10H,3-5H2,1-2H3;1-2H3. The Morgan fingerprint density at radius 1 is 1.20 bits per heavy atom. The number of rotatable bonds is 5. The average molecular weight is 289 g/mol. The Hall–Kier alpha value is -1.48. The van der Waals surface area contributed by atoms with E-state index >= 15 is 0 Å². The summed E-state index contributed by atoms with van der Waals surface area (Å²) in [6.07, 6.45) is 3.41. The van der Waals surface area contributed by atoms with Crippen molar-refractivity contribution in [3.63, 3.8) is 0 Å². The van der Waals surface area contributed by atoms with E-state index in [1.807, 2.05) is 20.8 Å². The Morgan fingerprint density at radius 3 is 2.40 bits per heavy atom. The van der Waals surface area contributed by atoms with Crippen LogP contribution in [0.1, 0.15) is 43.3 Å². The number of nitrogens with zero attached hydrogens (tertiary/aromatic N) is 1. The molecule has 0 unspecified atom stereocenters. The van der Waals surface area contributed by atoms with Gasteiger partial charge in [0.1, 0.15) is 11.3 Å². The molecule has 0 aliphatic carbocycles. The van der Waals surface area contributed by atoms with Crippen LogP contribution in [0.2, 0.25) is 0 Å². The summed E-state index contributed by atoms with van der Waals surface area (Å²) in [6, 6.07) is 8.55. The van der Waals surface area contributed by atoms with E-state index in [-0.39, 0.29) is 0 Å². The zero-order valence-electron chi connectivity index (χ0n) is 12.8. The van der Waals surface area contributed by atoms with Crippen molar-refractivity contribution >= 4 is 17.6 Å². The van der Waals surface area contributed by atoms with Crippen LogP contribution in [0.3, 0.4) is 0 Å². The third-order valence-electron chi connectivity index (χ3n) is 2.99. The largest absolute Gasteiger partial charge is 0.303 e. The molecule has 3 heteroatoms. The Kier molecular flexibility index (Phi) is 7.16. The Labute approximate surface area is 125 Å². The Bertz CT molecular complexity index is 528. The lowest BCUT2D eigenvalue weighted by molar-refractivity contribution is -0.107. The number of benzene rings is 1. The fourth-order valence-corrected chi connectivity index (χ4v) is 2.94. The first kappa shape index (κ1) is 16.6. The molecule has 0 bridgehead atoms. The highest BCUT2D eigenvalue weighted by molar-refractivity contribution is 7.15. The van der Waals surface area contributed by atoms with E-state index in [0.29, 0.717) is 6.42 Å². The summed E-state index contributed by atoms with van der Waals surface area (Å²) in [5, 5.41) is 1.05. The van der Waals surface area contributed by atoms with Crippen LogP contribution in [0.5, 0.6) is 0 Å². The predicted molar refractivity (Wildman–Crippen MR) is 87.4 cm³/mol. The molecule has 0 saturated heterocycles. The maximum absolute atomic E-state index is 10.4. The first-order chi connectivity index (χ1) is 9.74. The molecule has 0 aliphatic heterocycles. The topological polar surface area (TPSA) is 30.0 Å². The molecule has 0 amide bonds. The summed E-state index contributed by atoms with van der Waals surface area (Å²) in [4.78, 5) is 16.2. The number of aryl methyl sites for hydroxylation is 3. The predicted octanol–water partition coefficient (Wildman–Crippen LogP) is 4.84. The van der Waals surface area contributed by atoms with Gasteiger partial charge in [-0.25, -0.2) is 4.98 Å². The maximum Gasteiger partial charge on any atom is 0.123 e. The molecule has 0 radical (unpaired) electrons. The summed E-state index contributed by atoms with van der Waals surface area (Å²) in [5.74, 6) is 0. The molecule has 0 N–H and O–H groups in total. The van der Waals surface area contributed by atoms with Gasteiger partial charge in [0, 0.05) is 16.9 Å². The molecule has 0 saturated carbocycles. The van der Waals surface area contributed by atoms with E-state index < -0.39 is 0 Å². The summed E-state index contributed by atoms with van der Waals surface area (Å²) in [6.45, 7) is 8.17. The fourth-order valence-electron chi connectivity index (χ4n) is 1.86. The molecule has 0 atom stereocenters. The van der Waals surface area contributed by atoms with Crippen molar-refractivity contribution in [2.24, 2.45) is 0 Å². The van der Waals surface area contributed by atoms with E-state index in [1.54, 1.807) is 11.3 Å². The number of carbonyl (C=O) groups is 1.